The van der Waals surface area contributed by atoms with E-state index in [4.69, 9.17) is 4.99 Å². The predicted octanol–water partition coefficient (Wildman–Crippen LogP) is 3.98. The van der Waals surface area contributed by atoms with Crippen LogP contribution in [0, 0.1) is 3.57 Å². The molecule has 1 fully saturated rings. The summed E-state index contributed by atoms with van der Waals surface area (Å²) >= 11 is 4.01. The standard InChI is InChI=1S/C17H16IN3OS/c1-10-9-21-16(11-5-6-14(22)12(18)8-11)15(20-17(21)23-10)13-4-2-3-7-19-13/h2-8,10,15-16,22H,9H2,1H3/t10-,15+,16-/m0/s1. The number of rotatable bonds is 2. The van der Waals surface area contributed by atoms with E-state index in [1.807, 2.05) is 42.2 Å². The SMILES string of the molecule is C[C@H]1CN2C(=N[C@H](c3ccccn3)[C@@H]2c2ccc(O)c(I)c2)S1. The minimum absolute atomic E-state index is 0.00606. The van der Waals surface area contributed by atoms with Gasteiger partial charge < -0.3 is 10.0 Å². The fourth-order valence-electron chi connectivity index (χ4n) is 3.19. The number of nitrogens with zero attached hydrogens (tertiary/aromatic N) is 3. The van der Waals surface area contributed by atoms with Gasteiger partial charge in [-0.3, -0.25) is 9.98 Å². The molecule has 1 aromatic carbocycles. The van der Waals surface area contributed by atoms with Crippen molar-refractivity contribution in [2.24, 2.45) is 4.99 Å². The fourth-order valence-corrected chi connectivity index (χ4v) is 4.82. The Morgan fingerprint density at radius 3 is 2.91 bits per heavy atom. The van der Waals surface area contributed by atoms with Crippen LogP contribution < -0.4 is 0 Å². The van der Waals surface area contributed by atoms with Crippen LogP contribution in [0.4, 0.5) is 0 Å². The van der Waals surface area contributed by atoms with Gasteiger partial charge in [-0.2, -0.15) is 0 Å². The Bertz CT molecular complexity index is 768. The van der Waals surface area contributed by atoms with E-state index in [-0.39, 0.29) is 12.1 Å². The average Bonchev–Trinajstić information content (AvgIpc) is 3.07. The van der Waals surface area contributed by atoms with Gasteiger partial charge in [0.2, 0.25) is 0 Å². The van der Waals surface area contributed by atoms with Crippen molar-refractivity contribution in [1.82, 2.24) is 9.88 Å². The highest BCUT2D eigenvalue weighted by atomic mass is 127. The molecule has 1 N–H and O–H groups in total. The number of halogens is 1. The zero-order valence-electron chi connectivity index (χ0n) is 12.6. The van der Waals surface area contributed by atoms with E-state index in [1.165, 1.54) is 5.56 Å². The van der Waals surface area contributed by atoms with Crippen LogP contribution in [0.15, 0.2) is 47.6 Å². The summed E-state index contributed by atoms with van der Waals surface area (Å²) in [5, 5.41) is 11.5. The first kappa shape index (κ1) is 15.3. The van der Waals surface area contributed by atoms with Gasteiger partial charge in [-0.05, 0) is 52.4 Å². The zero-order valence-corrected chi connectivity index (χ0v) is 15.5. The van der Waals surface area contributed by atoms with Gasteiger partial charge in [0.25, 0.3) is 0 Å². The second-order valence-electron chi connectivity index (χ2n) is 5.85. The fraction of sp³-hybridized carbons (Fsp3) is 0.294. The maximum atomic E-state index is 9.83. The third-order valence-electron chi connectivity index (χ3n) is 4.19. The molecule has 1 saturated heterocycles. The Kier molecular flexibility index (Phi) is 3.96. The molecule has 4 rings (SSSR count). The topological polar surface area (TPSA) is 48.7 Å². The molecule has 6 heteroatoms. The maximum Gasteiger partial charge on any atom is 0.160 e. The third kappa shape index (κ3) is 2.71. The quantitative estimate of drug-likeness (QED) is 0.723. The minimum atomic E-state index is 0.00606. The van der Waals surface area contributed by atoms with Gasteiger partial charge >= 0.3 is 0 Å². The lowest BCUT2D eigenvalue weighted by molar-refractivity contribution is 0.321. The summed E-state index contributed by atoms with van der Waals surface area (Å²) in [5.74, 6) is 0.326. The molecule has 0 unspecified atom stereocenters. The van der Waals surface area contributed by atoms with Crippen molar-refractivity contribution >= 4 is 39.5 Å². The summed E-state index contributed by atoms with van der Waals surface area (Å²) in [6.45, 7) is 3.23. The summed E-state index contributed by atoms with van der Waals surface area (Å²) in [7, 11) is 0. The van der Waals surface area contributed by atoms with E-state index in [2.05, 4.69) is 45.5 Å². The lowest BCUT2D eigenvalue weighted by Gasteiger charge is -2.27. The molecular formula is C17H16IN3OS. The second kappa shape index (κ2) is 5.98. The Hall–Kier alpha value is -1.28. The molecule has 0 spiro atoms. The molecule has 0 radical (unpaired) electrons. The van der Waals surface area contributed by atoms with Crippen LogP contribution in [0.2, 0.25) is 0 Å². The minimum Gasteiger partial charge on any atom is -0.507 e. The number of hydrogen-bond acceptors (Lipinski definition) is 5. The van der Waals surface area contributed by atoms with Crippen molar-refractivity contribution in [3.05, 3.63) is 57.4 Å². The molecule has 118 valence electrons. The van der Waals surface area contributed by atoms with E-state index < -0.39 is 0 Å². The third-order valence-corrected chi connectivity index (χ3v) is 6.16. The van der Waals surface area contributed by atoms with Crippen LogP contribution in [-0.4, -0.2) is 32.0 Å². The van der Waals surface area contributed by atoms with Gasteiger partial charge in [-0.1, -0.05) is 30.8 Å². The Morgan fingerprint density at radius 1 is 1.30 bits per heavy atom. The van der Waals surface area contributed by atoms with Crippen LogP contribution >= 0.6 is 34.4 Å². The molecule has 0 bridgehead atoms. The number of phenols is 1. The van der Waals surface area contributed by atoms with Crippen molar-refractivity contribution < 1.29 is 5.11 Å². The number of phenolic OH excluding ortho intramolecular Hbond substituents is 1. The highest BCUT2D eigenvalue weighted by Gasteiger charge is 2.43. The van der Waals surface area contributed by atoms with E-state index >= 15 is 0 Å². The van der Waals surface area contributed by atoms with E-state index in [0.29, 0.717) is 11.0 Å². The number of fused-ring (bicyclic) bond motifs is 1. The van der Waals surface area contributed by atoms with Crippen LogP contribution in [0.25, 0.3) is 0 Å². The Balaban J connectivity index is 1.79. The second-order valence-corrected chi connectivity index (χ2v) is 8.42. The summed E-state index contributed by atoms with van der Waals surface area (Å²) < 4.78 is 0.869. The number of aromatic hydroxyl groups is 1. The van der Waals surface area contributed by atoms with E-state index in [0.717, 1.165) is 21.0 Å². The first-order valence-corrected chi connectivity index (χ1v) is 9.50. The molecular weight excluding hydrogens is 421 g/mol. The molecule has 0 amide bonds. The number of benzene rings is 1. The monoisotopic (exact) mass is 437 g/mol. The molecule has 1 aromatic heterocycles. The van der Waals surface area contributed by atoms with Crippen molar-refractivity contribution in [2.75, 3.05) is 6.54 Å². The summed E-state index contributed by atoms with van der Waals surface area (Å²) in [6, 6.07) is 12.0. The largest absolute Gasteiger partial charge is 0.507 e. The molecule has 2 aromatic rings. The molecule has 23 heavy (non-hydrogen) atoms. The van der Waals surface area contributed by atoms with Crippen LogP contribution in [-0.2, 0) is 0 Å². The number of amidine groups is 1. The van der Waals surface area contributed by atoms with Gasteiger partial charge in [0, 0.05) is 18.0 Å². The van der Waals surface area contributed by atoms with Crippen molar-refractivity contribution in [2.45, 2.75) is 24.3 Å². The van der Waals surface area contributed by atoms with Gasteiger partial charge in [-0.25, -0.2) is 0 Å². The number of thioether (sulfide) groups is 1. The highest BCUT2D eigenvalue weighted by molar-refractivity contribution is 14.1. The number of pyridine rings is 1. The molecule has 0 saturated carbocycles. The van der Waals surface area contributed by atoms with Crippen molar-refractivity contribution in [3.8, 4) is 5.75 Å². The van der Waals surface area contributed by atoms with Crippen LogP contribution in [0.3, 0.4) is 0 Å². The van der Waals surface area contributed by atoms with Gasteiger partial charge in [0.1, 0.15) is 11.8 Å². The summed E-state index contributed by atoms with van der Waals surface area (Å²) in [5.41, 5.74) is 2.17. The molecule has 2 aliphatic heterocycles. The zero-order chi connectivity index (χ0) is 16.0. The van der Waals surface area contributed by atoms with Crippen molar-refractivity contribution in [3.63, 3.8) is 0 Å². The van der Waals surface area contributed by atoms with E-state index in [1.54, 1.807) is 6.07 Å². The Labute approximate surface area is 153 Å². The molecule has 4 nitrogen and oxygen atoms in total. The van der Waals surface area contributed by atoms with Gasteiger partial charge in [0.15, 0.2) is 5.17 Å². The molecule has 2 aliphatic rings. The predicted molar refractivity (Wildman–Crippen MR) is 102 cm³/mol. The molecule has 0 aliphatic carbocycles. The smallest absolute Gasteiger partial charge is 0.160 e. The number of aliphatic imine (C=N–C) groups is 1. The lowest BCUT2D eigenvalue weighted by Crippen LogP contribution is -2.28. The summed E-state index contributed by atoms with van der Waals surface area (Å²) in [4.78, 5) is 11.9. The van der Waals surface area contributed by atoms with Gasteiger partial charge in [-0.15, -0.1) is 0 Å². The summed E-state index contributed by atoms with van der Waals surface area (Å²) in [6.07, 6.45) is 1.83. The first-order chi connectivity index (χ1) is 11.1. The number of hydrogen-bond donors (Lipinski definition) is 1. The molecule has 3 atom stereocenters. The highest BCUT2D eigenvalue weighted by Crippen LogP contribution is 2.47. The van der Waals surface area contributed by atoms with Gasteiger partial charge in [0.05, 0.1) is 15.3 Å². The molecule has 3 heterocycles. The Morgan fingerprint density at radius 2 is 2.17 bits per heavy atom. The first-order valence-electron chi connectivity index (χ1n) is 7.54. The average molecular weight is 437 g/mol. The van der Waals surface area contributed by atoms with Crippen molar-refractivity contribution in [1.29, 1.82) is 0 Å². The number of aromatic nitrogens is 1. The van der Waals surface area contributed by atoms with Crippen LogP contribution in [0.1, 0.15) is 30.3 Å². The van der Waals surface area contributed by atoms with E-state index in [9.17, 15) is 5.11 Å². The lowest BCUT2D eigenvalue weighted by atomic mass is 9.96. The normalized spacial score (nSPS) is 26.3. The maximum absolute atomic E-state index is 9.83. The van der Waals surface area contributed by atoms with Crippen LogP contribution in [0.5, 0.6) is 5.75 Å².